The van der Waals surface area contributed by atoms with Crippen LogP contribution < -0.4 is 10.1 Å². The summed E-state index contributed by atoms with van der Waals surface area (Å²) < 4.78 is 5.30. The quantitative estimate of drug-likeness (QED) is 0.565. The van der Waals surface area contributed by atoms with E-state index in [9.17, 15) is 0 Å². The topological polar surface area (TPSA) is 37.4 Å². The number of pyridine rings is 1. The van der Waals surface area contributed by atoms with E-state index in [1.165, 1.54) is 0 Å². The molecule has 0 bridgehead atoms. The van der Waals surface area contributed by atoms with Crippen LogP contribution in [0.5, 0.6) is 5.75 Å². The van der Waals surface area contributed by atoms with Crippen LogP contribution in [0.4, 0.5) is 5.69 Å². The molecule has 0 unspecified atom stereocenters. The predicted octanol–water partition coefficient (Wildman–Crippen LogP) is 3.61. The number of hydrogen-bond acceptors (Lipinski definition) is 4. The molecule has 120 valence electrons. The Morgan fingerprint density at radius 1 is 1.27 bits per heavy atom. The summed E-state index contributed by atoms with van der Waals surface area (Å²) in [6.07, 6.45) is 2.92. The Balaban J connectivity index is 1.96. The molecule has 0 radical (unpaired) electrons. The first-order chi connectivity index (χ1) is 10.8. The maximum Gasteiger partial charge on any atom is 0.119 e. The van der Waals surface area contributed by atoms with Crippen molar-refractivity contribution < 1.29 is 4.74 Å². The van der Waals surface area contributed by atoms with Crippen molar-refractivity contribution in [1.29, 1.82) is 0 Å². The van der Waals surface area contributed by atoms with E-state index in [0.29, 0.717) is 5.88 Å². The van der Waals surface area contributed by atoms with Gasteiger partial charge in [0.05, 0.1) is 12.6 Å². The first-order valence-corrected chi connectivity index (χ1v) is 8.27. The number of methoxy groups -OCH3 is 1. The van der Waals surface area contributed by atoms with E-state index >= 15 is 0 Å². The lowest BCUT2D eigenvalue weighted by molar-refractivity contribution is 0.304. The fourth-order valence-electron chi connectivity index (χ4n) is 2.48. The smallest absolute Gasteiger partial charge is 0.119 e. The molecular weight excluding hydrogens is 298 g/mol. The van der Waals surface area contributed by atoms with Gasteiger partial charge in [0.1, 0.15) is 5.75 Å². The highest BCUT2D eigenvalue weighted by molar-refractivity contribution is 6.18. The van der Waals surface area contributed by atoms with Crippen molar-refractivity contribution in [2.45, 2.75) is 13.3 Å². The highest BCUT2D eigenvalue weighted by Gasteiger charge is 2.04. The first-order valence-electron chi connectivity index (χ1n) is 7.73. The molecule has 0 saturated heterocycles. The Kier molecular flexibility index (Phi) is 6.74. The minimum atomic E-state index is 0.691. The molecule has 0 aliphatic rings. The number of rotatable bonds is 9. The number of alkyl halides is 1. The third-order valence-electron chi connectivity index (χ3n) is 3.76. The molecule has 0 atom stereocenters. The zero-order valence-corrected chi connectivity index (χ0v) is 14.1. The lowest BCUT2D eigenvalue weighted by Crippen LogP contribution is -2.27. The molecule has 5 heteroatoms. The fraction of sp³-hybridized carbons (Fsp3) is 0.471. The Labute approximate surface area is 137 Å². The number of halogens is 1. The van der Waals surface area contributed by atoms with Crippen molar-refractivity contribution in [2.24, 2.45) is 0 Å². The van der Waals surface area contributed by atoms with Crippen LogP contribution in [-0.2, 0) is 0 Å². The molecule has 0 fully saturated rings. The number of fused-ring (bicyclic) bond motifs is 1. The Morgan fingerprint density at radius 2 is 2.14 bits per heavy atom. The largest absolute Gasteiger partial charge is 0.497 e. The van der Waals surface area contributed by atoms with Crippen molar-refractivity contribution in [3.63, 3.8) is 0 Å². The average Bonchev–Trinajstić information content (AvgIpc) is 2.57. The van der Waals surface area contributed by atoms with Gasteiger partial charge in [0.15, 0.2) is 0 Å². The van der Waals surface area contributed by atoms with Gasteiger partial charge in [0.25, 0.3) is 0 Å². The molecule has 0 amide bonds. The molecule has 0 spiro atoms. The minimum absolute atomic E-state index is 0.691. The molecule has 4 nitrogen and oxygen atoms in total. The minimum Gasteiger partial charge on any atom is -0.497 e. The highest BCUT2D eigenvalue weighted by atomic mass is 35.5. The third kappa shape index (κ3) is 4.49. The van der Waals surface area contributed by atoms with Gasteiger partial charge in [-0.1, -0.05) is 6.92 Å². The maximum absolute atomic E-state index is 5.80. The van der Waals surface area contributed by atoms with Crippen molar-refractivity contribution in [1.82, 2.24) is 9.88 Å². The van der Waals surface area contributed by atoms with Gasteiger partial charge >= 0.3 is 0 Å². The van der Waals surface area contributed by atoms with Crippen LogP contribution in [0.2, 0.25) is 0 Å². The van der Waals surface area contributed by atoms with Crippen molar-refractivity contribution in [3.8, 4) is 5.75 Å². The molecule has 1 N–H and O–H groups in total. The third-order valence-corrected chi connectivity index (χ3v) is 3.93. The van der Waals surface area contributed by atoms with E-state index in [4.69, 9.17) is 16.3 Å². The number of nitrogens with one attached hydrogen (secondary N) is 1. The van der Waals surface area contributed by atoms with E-state index in [1.807, 2.05) is 30.5 Å². The summed E-state index contributed by atoms with van der Waals surface area (Å²) in [7, 11) is 1.68. The Morgan fingerprint density at radius 3 is 2.86 bits per heavy atom. The molecule has 0 aliphatic heterocycles. The number of hydrogen-bond donors (Lipinski definition) is 1. The van der Waals surface area contributed by atoms with Gasteiger partial charge in [-0.15, -0.1) is 11.6 Å². The van der Waals surface area contributed by atoms with E-state index < -0.39 is 0 Å². The van der Waals surface area contributed by atoms with Gasteiger partial charge in [-0.25, -0.2) is 0 Å². The summed E-state index contributed by atoms with van der Waals surface area (Å²) >= 11 is 5.80. The second-order valence-electron chi connectivity index (χ2n) is 5.15. The van der Waals surface area contributed by atoms with Crippen LogP contribution in [0.25, 0.3) is 10.9 Å². The van der Waals surface area contributed by atoms with Crippen LogP contribution in [0.15, 0.2) is 30.5 Å². The molecule has 22 heavy (non-hydrogen) atoms. The summed E-state index contributed by atoms with van der Waals surface area (Å²) in [5, 5.41) is 4.60. The van der Waals surface area contributed by atoms with Crippen LogP contribution >= 0.6 is 11.6 Å². The predicted molar refractivity (Wildman–Crippen MR) is 94.2 cm³/mol. The monoisotopic (exact) mass is 321 g/mol. The SMILES string of the molecule is CCN(CCCl)CCCNc1ccnc2ccc(OC)cc12. The second kappa shape index (κ2) is 8.81. The van der Waals surface area contributed by atoms with Gasteiger partial charge in [0, 0.05) is 36.2 Å². The van der Waals surface area contributed by atoms with Crippen LogP contribution in [0.1, 0.15) is 13.3 Å². The standard InChI is InChI=1S/C17H24ClN3O/c1-3-21(12-8-18)11-4-9-19-17-7-10-20-16-6-5-14(22-2)13-15(16)17/h5-7,10,13H,3-4,8-9,11-12H2,1-2H3,(H,19,20). The van der Waals surface area contributed by atoms with E-state index in [0.717, 1.165) is 54.9 Å². The van der Waals surface area contributed by atoms with E-state index in [2.05, 4.69) is 22.1 Å². The first kappa shape index (κ1) is 16.8. The highest BCUT2D eigenvalue weighted by Crippen LogP contribution is 2.25. The number of ether oxygens (including phenoxy) is 1. The van der Waals surface area contributed by atoms with Gasteiger partial charge in [-0.05, 0) is 43.8 Å². The van der Waals surface area contributed by atoms with Crippen LogP contribution in [0.3, 0.4) is 0 Å². The number of benzene rings is 1. The Bertz CT molecular complexity index is 591. The van der Waals surface area contributed by atoms with Crippen LogP contribution in [-0.4, -0.2) is 49.1 Å². The molecule has 2 aromatic rings. The summed E-state index contributed by atoms with van der Waals surface area (Å²) in [4.78, 5) is 6.76. The summed E-state index contributed by atoms with van der Waals surface area (Å²) in [5.74, 6) is 1.54. The molecule has 1 heterocycles. The van der Waals surface area contributed by atoms with Crippen molar-refractivity contribution >= 4 is 28.2 Å². The van der Waals surface area contributed by atoms with Gasteiger partial charge < -0.3 is 15.0 Å². The number of aromatic nitrogens is 1. The van der Waals surface area contributed by atoms with Gasteiger partial charge in [-0.3, -0.25) is 4.98 Å². The summed E-state index contributed by atoms with van der Waals surface area (Å²) in [6, 6.07) is 7.96. The Hall–Kier alpha value is -1.52. The molecule has 2 rings (SSSR count). The number of anilines is 1. The molecule has 0 aliphatic carbocycles. The van der Waals surface area contributed by atoms with Crippen molar-refractivity contribution in [2.75, 3.05) is 44.5 Å². The second-order valence-corrected chi connectivity index (χ2v) is 5.52. The van der Waals surface area contributed by atoms with E-state index in [-0.39, 0.29) is 0 Å². The molecule has 1 aromatic heterocycles. The van der Waals surface area contributed by atoms with Gasteiger partial charge in [-0.2, -0.15) is 0 Å². The van der Waals surface area contributed by atoms with Crippen LogP contribution in [0, 0.1) is 0 Å². The summed E-state index contributed by atoms with van der Waals surface area (Å²) in [5.41, 5.74) is 2.08. The number of nitrogens with zero attached hydrogens (tertiary/aromatic N) is 2. The summed E-state index contributed by atoms with van der Waals surface area (Å²) in [6.45, 7) is 6.15. The zero-order chi connectivity index (χ0) is 15.8. The molecular formula is C17H24ClN3O. The van der Waals surface area contributed by atoms with Crippen molar-refractivity contribution in [3.05, 3.63) is 30.5 Å². The molecule has 0 saturated carbocycles. The van der Waals surface area contributed by atoms with Gasteiger partial charge in [0.2, 0.25) is 0 Å². The maximum atomic E-state index is 5.80. The lowest BCUT2D eigenvalue weighted by Gasteiger charge is -2.19. The zero-order valence-electron chi connectivity index (χ0n) is 13.3. The molecule has 1 aromatic carbocycles. The normalized spacial score (nSPS) is 11.1. The lowest BCUT2D eigenvalue weighted by atomic mass is 10.1. The fourth-order valence-corrected chi connectivity index (χ4v) is 2.72. The average molecular weight is 322 g/mol. The van der Waals surface area contributed by atoms with E-state index in [1.54, 1.807) is 7.11 Å².